The van der Waals surface area contributed by atoms with Crippen LogP contribution in [0.1, 0.15) is 17.2 Å². The Bertz CT molecular complexity index is 499. The van der Waals surface area contributed by atoms with Crippen molar-refractivity contribution in [2.75, 3.05) is 7.05 Å². The van der Waals surface area contributed by atoms with Crippen molar-refractivity contribution in [1.29, 1.82) is 0 Å². The average Bonchev–Trinajstić information content (AvgIpc) is 2.84. The van der Waals surface area contributed by atoms with Crippen LogP contribution in [0.15, 0.2) is 54.6 Å². The van der Waals surface area contributed by atoms with Gasteiger partial charge in [0.25, 0.3) is 0 Å². The smallest absolute Gasteiger partial charge is 0.123 e. The first-order valence-electron chi connectivity index (χ1n) is 6.35. The van der Waals surface area contributed by atoms with E-state index in [-0.39, 0.29) is 12.1 Å². The van der Waals surface area contributed by atoms with E-state index in [4.69, 9.17) is 4.74 Å². The molecule has 92 valence electrons. The summed E-state index contributed by atoms with van der Waals surface area (Å²) in [6, 6.07) is 19.0. The van der Waals surface area contributed by atoms with Crippen molar-refractivity contribution in [1.82, 2.24) is 5.32 Å². The Morgan fingerprint density at radius 3 is 2.50 bits per heavy atom. The van der Waals surface area contributed by atoms with E-state index in [1.807, 2.05) is 25.2 Å². The highest BCUT2D eigenvalue weighted by atomic mass is 16.5. The topological polar surface area (TPSA) is 21.3 Å². The van der Waals surface area contributed by atoms with E-state index in [0.29, 0.717) is 0 Å². The molecule has 1 aliphatic rings. The molecule has 18 heavy (non-hydrogen) atoms. The third kappa shape index (κ3) is 2.00. The lowest BCUT2D eigenvalue weighted by molar-refractivity contribution is 0.183. The van der Waals surface area contributed by atoms with Crippen LogP contribution >= 0.6 is 0 Å². The van der Waals surface area contributed by atoms with Crippen LogP contribution in [-0.2, 0) is 6.42 Å². The van der Waals surface area contributed by atoms with Gasteiger partial charge in [-0.2, -0.15) is 0 Å². The first-order chi connectivity index (χ1) is 8.88. The second-order valence-corrected chi connectivity index (χ2v) is 4.65. The molecule has 0 amide bonds. The van der Waals surface area contributed by atoms with Crippen LogP contribution in [0.2, 0.25) is 0 Å². The first kappa shape index (κ1) is 11.3. The summed E-state index contributed by atoms with van der Waals surface area (Å²) in [7, 11) is 1.99. The highest BCUT2D eigenvalue weighted by Gasteiger charge is 2.30. The van der Waals surface area contributed by atoms with E-state index in [2.05, 4.69) is 41.7 Å². The molecule has 0 aliphatic carbocycles. The third-order valence-corrected chi connectivity index (χ3v) is 3.51. The van der Waals surface area contributed by atoms with Gasteiger partial charge in [-0.15, -0.1) is 0 Å². The fourth-order valence-corrected chi connectivity index (χ4v) is 2.62. The molecule has 0 aromatic heterocycles. The number of fused-ring (bicyclic) bond motifs is 1. The van der Waals surface area contributed by atoms with Gasteiger partial charge in [0, 0.05) is 6.42 Å². The molecule has 0 bridgehead atoms. The van der Waals surface area contributed by atoms with Gasteiger partial charge in [-0.3, -0.25) is 0 Å². The Kier molecular flexibility index (Phi) is 3.03. The first-order valence-corrected chi connectivity index (χ1v) is 6.35. The molecule has 1 heterocycles. The number of ether oxygens (including phenoxy) is 1. The summed E-state index contributed by atoms with van der Waals surface area (Å²) in [4.78, 5) is 0. The van der Waals surface area contributed by atoms with Crippen molar-refractivity contribution in [2.24, 2.45) is 0 Å². The second-order valence-electron chi connectivity index (χ2n) is 4.65. The number of rotatable bonds is 3. The van der Waals surface area contributed by atoms with Crippen molar-refractivity contribution in [3.8, 4) is 5.75 Å². The molecular weight excluding hydrogens is 222 g/mol. The fraction of sp³-hybridized carbons (Fsp3) is 0.250. The quantitative estimate of drug-likeness (QED) is 0.889. The maximum Gasteiger partial charge on any atom is 0.123 e. The molecule has 1 N–H and O–H groups in total. The van der Waals surface area contributed by atoms with Crippen molar-refractivity contribution >= 4 is 0 Å². The molecule has 2 aromatic carbocycles. The minimum atomic E-state index is 0.176. The van der Waals surface area contributed by atoms with E-state index in [1.165, 1.54) is 11.1 Å². The maximum absolute atomic E-state index is 6.05. The minimum absolute atomic E-state index is 0.176. The molecule has 0 saturated carbocycles. The fourth-order valence-electron chi connectivity index (χ4n) is 2.62. The van der Waals surface area contributed by atoms with E-state index < -0.39 is 0 Å². The van der Waals surface area contributed by atoms with Gasteiger partial charge in [0.15, 0.2) is 0 Å². The molecule has 0 radical (unpaired) electrons. The summed E-state index contributed by atoms with van der Waals surface area (Å²) in [5.74, 6) is 1.03. The summed E-state index contributed by atoms with van der Waals surface area (Å²) in [6.07, 6.45) is 1.14. The Morgan fingerprint density at radius 2 is 1.78 bits per heavy atom. The number of nitrogens with one attached hydrogen (secondary N) is 1. The average molecular weight is 239 g/mol. The zero-order valence-electron chi connectivity index (χ0n) is 10.5. The van der Waals surface area contributed by atoms with Gasteiger partial charge in [0.05, 0.1) is 6.04 Å². The zero-order chi connectivity index (χ0) is 12.4. The summed E-state index contributed by atoms with van der Waals surface area (Å²) in [5.41, 5.74) is 2.58. The maximum atomic E-state index is 6.05. The van der Waals surface area contributed by atoms with Crippen molar-refractivity contribution < 1.29 is 4.74 Å². The molecule has 1 aliphatic heterocycles. The Morgan fingerprint density at radius 1 is 1.06 bits per heavy atom. The number of hydrogen-bond donors (Lipinski definition) is 1. The molecule has 2 unspecified atom stereocenters. The van der Waals surface area contributed by atoms with Gasteiger partial charge in [-0.1, -0.05) is 48.5 Å². The predicted octanol–water partition coefficient (Wildman–Crippen LogP) is 2.95. The highest BCUT2D eigenvalue weighted by Crippen LogP contribution is 2.33. The number of benzene rings is 2. The van der Waals surface area contributed by atoms with Crippen LogP contribution < -0.4 is 10.1 Å². The molecule has 0 saturated heterocycles. The van der Waals surface area contributed by atoms with E-state index in [9.17, 15) is 0 Å². The van der Waals surface area contributed by atoms with Crippen LogP contribution in [0.5, 0.6) is 5.75 Å². The van der Waals surface area contributed by atoms with Crippen LogP contribution in [0.4, 0.5) is 0 Å². The van der Waals surface area contributed by atoms with Gasteiger partial charge in [-0.05, 0) is 24.2 Å². The van der Waals surface area contributed by atoms with Crippen molar-refractivity contribution in [3.63, 3.8) is 0 Å². The SMILES string of the molecule is CNC(c1ccccc1)C1Cc2ccccc2O1. The Labute approximate surface area is 108 Å². The van der Waals surface area contributed by atoms with Gasteiger partial charge in [0.1, 0.15) is 11.9 Å². The predicted molar refractivity (Wildman–Crippen MR) is 72.8 cm³/mol. The van der Waals surface area contributed by atoms with Gasteiger partial charge < -0.3 is 10.1 Å². The van der Waals surface area contributed by atoms with Crippen LogP contribution in [0.3, 0.4) is 0 Å². The van der Waals surface area contributed by atoms with E-state index in [0.717, 1.165) is 12.2 Å². The molecule has 2 aromatic rings. The van der Waals surface area contributed by atoms with Gasteiger partial charge in [0.2, 0.25) is 0 Å². The largest absolute Gasteiger partial charge is 0.488 e. The normalized spacial score (nSPS) is 19.1. The van der Waals surface area contributed by atoms with Gasteiger partial charge in [-0.25, -0.2) is 0 Å². The Balaban J connectivity index is 1.84. The third-order valence-electron chi connectivity index (χ3n) is 3.51. The minimum Gasteiger partial charge on any atom is -0.488 e. The molecule has 2 heteroatoms. The van der Waals surface area contributed by atoms with E-state index in [1.54, 1.807) is 0 Å². The number of hydrogen-bond acceptors (Lipinski definition) is 2. The second kappa shape index (κ2) is 4.83. The van der Waals surface area contributed by atoms with E-state index >= 15 is 0 Å². The molecule has 0 spiro atoms. The lowest BCUT2D eigenvalue weighted by Gasteiger charge is -2.23. The monoisotopic (exact) mass is 239 g/mol. The molecule has 2 nitrogen and oxygen atoms in total. The van der Waals surface area contributed by atoms with Gasteiger partial charge >= 0.3 is 0 Å². The van der Waals surface area contributed by atoms with Crippen LogP contribution in [0, 0.1) is 0 Å². The van der Waals surface area contributed by atoms with Crippen molar-refractivity contribution in [3.05, 3.63) is 65.7 Å². The standard InChI is InChI=1S/C16H17NO/c1-17-16(12-7-3-2-4-8-12)15-11-13-9-5-6-10-14(13)18-15/h2-10,15-17H,11H2,1H3. The number of likely N-dealkylation sites (N-methyl/N-ethyl adjacent to an activating group) is 1. The molecular formula is C16H17NO. The molecule has 3 rings (SSSR count). The lowest BCUT2D eigenvalue weighted by atomic mass is 9.98. The molecule has 0 fully saturated rings. The van der Waals surface area contributed by atoms with Crippen LogP contribution in [-0.4, -0.2) is 13.2 Å². The number of para-hydroxylation sites is 1. The molecule has 2 atom stereocenters. The summed E-state index contributed by atoms with van der Waals surface area (Å²) in [5, 5.41) is 3.37. The van der Waals surface area contributed by atoms with Crippen LogP contribution in [0.25, 0.3) is 0 Å². The summed E-state index contributed by atoms with van der Waals surface area (Å²) >= 11 is 0. The summed E-state index contributed by atoms with van der Waals surface area (Å²) < 4.78 is 6.05. The highest BCUT2D eigenvalue weighted by molar-refractivity contribution is 5.38. The zero-order valence-corrected chi connectivity index (χ0v) is 10.5. The Hall–Kier alpha value is -1.80. The summed E-state index contributed by atoms with van der Waals surface area (Å²) in [6.45, 7) is 0. The van der Waals surface area contributed by atoms with Crippen molar-refractivity contribution in [2.45, 2.75) is 18.6 Å². The lowest BCUT2D eigenvalue weighted by Crippen LogP contribution is -2.32.